The Balaban J connectivity index is 1.69. The van der Waals surface area contributed by atoms with Crippen molar-refractivity contribution in [3.05, 3.63) is 76.2 Å². The fourth-order valence-electron chi connectivity index (χ4n) is 2.75. The smallest absolute Gasteiger partial charge is 0.244 e. The molecular formula is C20H20N4O4. The van der Waals surface area contributed by atoms with Gasteiger partial charge in [0.1, 0.15) is 6.54 Å². The van der Waals surface area contributed by atoms with E-state index in [-0.39, 0.29) is 29.4 Å². The number of pyridine rings is 1. The van der Waals surface area contributed by atoms with E-state index in [1.807, 2.05) is 0 Å². The predicted octanol–water partition coefficient (Wildman–Crippen LogP) is 1.77. The molecule has 0 saturated carbocycles. The maximum Gasteiger partial charge on any atom is 0.244 e. The number of anilines is 1. The number of aromatic nitrogens is 3. The zero-order valence-corrected chi connectivity index (χ0v) is 15.8. The van der Waals surface area contributed by atoms with Crippen LogP contribution in [0, 0.1) is 6.92 Å². The Morgan fingerprint density at radius 1 is 1.21 bits per heavy atom. The lowest BCUT2D eigenvalue weighted by atomic mass is 10.1. The van der Waals surface area contributed by atoms with Crippen LogP contribution in [0.15, 0.2) is 53.7 Å². The van der Waals surface area contributed by atoms with Gasteiger partial charge in [-0.2, -0.15) is 0 Å². The molecular weight excluding hydrogens is 360 g/mol. The number of hydrogen-bond donors (Lipinski definition) is 1. The van der Waals surface area contributed by atoms with Gasteiger partial charge in [-0.1, -0.05) is 0 Å². The Bertz CT molecular complexity index is 1080. The van der Waals surface area contributed by atoms with Crippen molar-refractivity contribution in [2.75, 3.05) is 12.4 Å². The van der Waals surface area contributed by atoms with Crippen molar-refractivity contribution in [1.82, 2.24) is 14.1 Å². The van der Waals surface area contributed by atoms with E-state index < -0.39 is 0 Å². The quantitative estimate of drug-likeness (QED) is 0.658. The van der Waals surface area contributed by atoms with E-state index in [4.69, 9.17) is 4.74 Å². The third-order valence-corrected chi connectivity index (χ3v) is 4.30. The van der Waals surface area contributed by atoms with Gasteiger partial charge < -0.3 is 19.2 Å². The van der Waals surface area contributed by atoms with Gasteiger partial charge in [0.15, 0.2) is 11.6 Å². The average Bonchev–Trinajstić information content (AvgIpc) is 3.10. The summed E-state index contributed by atoms with van der Waals surface area (Å²) in [4.78, 5) is 40.5. The standard InChI is InChI=1S/C20H20N4O4/c1-13-10-16(25)17(28-3)11-24(13)12-18(26)22-15-6-4-14(5-7-15)19(27)20-21-8-9-23(20)2/h4-11H,12H2,1-3H3,(H,22,26). The first-order chi connectivity index (χ1) is 13.4. The molecule has 0 fully saturated rings. The number of ketones is 1. The van der Waals surface area contributed by atoms with E-state index in [1.165, 1.54) is 19.4 Å². The molecule has 0 aliphatic rings. The summed E-state index contributed by atoms with van der Waals surface area (Å²) in [5.74, 6) is 0.0633. The molecule has 3 rings (SSSR count). The Morgan fingerprint density at radius 2 is 1.93 bits per heavy atom. The Hall–Kier alpha value is -3.68. The number of carbonyl (C=O) groups is 2. The molecule has 0 aliphatic heterocycles. The first-order valence-corrected chi connectivity index (χ1v) is 8.56. The molecule has 0 bridgehead atoms. The summed E-state index contributed by atoms with van der Waals surface area (Å²) in [6, 6.07) is 8.02. The monoisotopic (exact) mass is 380 g/mol. The number of rotatable bonds is 6. The van der Waals surface area contributed by atoms with Crippen LogP contribution in [0.2, 0.25) is 0 Å². The summed E-state index contributed by atoms with van der Waals surface area (Å²) in [5.41, 5.74) is 1.46. The third-order valence-electron chi connectivity index (χ3n) is 4.30. The van der Waals surface area contributed by atoms with Crippen LogP contribution >= 0.6 is 0 Å². The number of methoxy groups -OCH3 is 1. The molecule has 144 valence electrons. The van der Waals surface area contributed by atoms with Crippen molar-refractivity contribution in [2.24, 2.45) is 7.05 Å². The van der Waals surface area contributed by atoms with Gasteiger partial charge in [-0.15, -0.1) is 0 Å². The number of carbonyl (C=O) groups excluding carboxylic acids is 2. The minimum atomic E-state index is -0.267. The van der Waals surface area contributed by atoms with Gasteiger partial charge in [0, 0.05) is 42.5 Å². The first kappa shape index (κ1) is 19.1. The number of hydrogen-bond acceptors (Lipinski definition) is 5. The maximum atomic E-state index is 12.4. The molecule has 1 aromatic carbocycles. The van der Waals surface area contributed by atoms with E-state index in [0.29, 0.717) is 22.8 Å². The van der Waals surface area contributed by atoms with Gasteiger partial charge in [-0.3, -0.25) is 14.4 Å². The second-order valence-corrected chi connectivity index (χ2v) is 6.29. The van der Waals surface area contributed by atoms with Crippen LogP contribution < -0.4 is 15.5 Å². The molecule has 1 N–H and O–H groups in total. The van der Waals surface area contributed by atoms with E-state index in [2.05, 4.69) is 10.3 Å². The van der Waals surface area contributed by atoms with Gasteiger partial charge in [0.2, 0.25) is 17.1 Å². The van der Waals surface area contributed by atoms with Gasteiger partial charge in [-0.05, 0) is 31.2 Å². The highest BCUT2D eigenvalue weighted by molar-refractivity contribution is 6.07. The molecule has 2 aromatic heterocycles. The van der Waals surface area contributed by atoms with E-state index in [1.54, 1.807) is 59.8 Å². The van der Waals surface area contributed by atoms with Crippen LogP contribution in [0.3, 0.4) is 0 Å². The molecule has 0 radical (unpaired) electrons. The zero-order valence-electron chi connectivity index (χ0n) is 15.8. The molecule has 0 atom stereocenters. The number of benzene rings is 1. The Morgan fingerprint density at radius 3 is 2.54 bits per heavy atom. The minimum absolute atomic E-state index is 0.0242. The molecule has 3 aromatic rings. The highest BCUT2D eigenvalue weighted by Gasteiger charge is 2.14. The molecule has 2 heterocycles. The number of ether oxygens (including phenoxy) is 1. The van der Waals surface area contributed by atoms with E-state index in [9.17, 15) is 14.4 Å². The predicted molar refractivity (Wildman–Crippen MR) is 104 cm³/mol. The fourth-order valence-corrected chi connectivity index (χ4v) is 2.75. The van der Waals surface area contributed by atoms with Gasteiger partial charge in [0.25, 0.3) is 0 Å². The van der Waals surface area contributed by atoms with Crippen molar-refractivity contribution in [3.8, 4) is 5.75 Å². The van der Waals surface area contributed by atoms with E-state index in [0.717, 1.165) is 0 Å². The summed E-state index contributed by atoms with van der Waals surface area (Å²) >= 11 is 0. The third kappa shape index (κ3) is 4.01. The number of imidazole rings is 1. The summed E-state index contributed by atoms with van der Waals surface area (Å²) in [7, 11) is 3.16. The largest absolute Gasteiger partial charge is 0.491 e. The minimum Gasteiger partial charge on any atom is -0.491 e. The van der Waals surface area contributed by atoms with Crippen LogP contribution in [-0.2, 0) is 18.4 Å². The van der Waals surface area contributed by atoms with Crippen LogP contribution in [0.5, 0.6) is 5.75 Å². The second-order valence-electron chi connectivity index (χ2n) is 6.29. The maximum absolute atomic E-state index is 12.4. The van der Waals surface area contributed by atoms with Gasteiger partial charge >= 0.3 is 0 Å². The van der Waals surface area contributed by atoms with Crippen molar-refractivity contribution in [3.63, 3.8) is 0 Å². The van der Waals surface area contributed by atoms with Crippen molar-refractivity contribution in [1.29, 1.82) is 0 Å². The lowest BCUT2D eigenvalue weighted by Crippen LogP contribution is -2.22. The molecule has 8 heteroatoms. The summed E-state index contributed by atoms with van der Waals surface area (Å²) in [6.07, 6.45) is 4.78. The molecule has 0 unspecified atom stereocenters. The van der Waals surface area contributed by atoms with Crippen LogP contribution in [-0.4, -0.2) is 32.9 Å². The highest BCUT2D eigenvalue weighted by atomic mass is 16.5. The molecule has 0 saturated heterocycles. The summed E-state index contributed by atoms with van der Waals surface area (Å²) in [5, 5.41) is 2.77. The van der Waals surface area contributed by atoms with Crippen LogP contribution in [0.4, 0.5) is 5.69 Å². The first-order valence-electron chi connectivity index (χ1n) is 8.56. The fraction of sp³-hybridized carbons (Fsp3) is 0.200. The van der Waals surface area contributed by atoms with Crippen molar-refractivity contribution < 1.29 is 14.3 Å². The highest BCUT2D eigenvalue weighted by Crippen LogP contribution is 2.13. The number of nitrogens with zero attached hydrogens (tertiary/aromatic N) is 3. The van der Waals surface area contributed by atoms with Crippen molar-refractivity contribution in [2.45, 2.75) is 13.5 Å². The number of nitrogens with one attached hydrogen (secondary N) is 1. The topological polar surface area (TPSA) is 95.2 Å². The normalized spacial score (nSPS) is 10.5. The summed E-state index contributed by atoms with van der Waals surface area (Å²) < 4.78 is 8.30. The van der Waals surface area contributed by atoms with Crippen molar-refractivity contribution >= 4 is 17.4 Å². The number of amides is 1. The molecule has 0 spiro atoms. The zero-order chi connectivity index (χ0) is 20.3. The van der Waals surface area contributed by atoms with Crippen LogP contribution in [0.25, 0.3) is 0 Å². The molecule has 28 heavy (non-hydrogen) atoms. The molecule has 8 nitrogen and oxygen atoms in total. The Labute approximate surface area is 161 Å². The SMILES string of the molecule is COc1cn(CC(=O)Nc2ccc(C(=O)c3nccn3C)cc2)c(C)cc1=O. The number of aryl methyl sites for hydroxylation is 2. The summed E-state index contributed by atoms with van der Waals surface area (Å²) in [6.45, 7) is 1.77. The van der Waals surface area contributed by atoms with E-state index >= 15 is 0 Å². The molecule has 0 aliphatic carbocycles. The second kappa shape index (κ2) is 7.91. The lowest BCUT2D eigenvalue weighted by Gasteiger charge is -2.12. The van der Waals surface area contributed by atoms with Gasteiger partial charge in [-0.25, -0.2) is 4.98 Å². The Kier molecular flexibility index (Phi) is 5.39. The van der Waals surface area contributed by atoms with Crippen LogP contribution in [0.1, 0.15) is 21.9 Å². The molecule has 1 amide bonds. The average molecular weight is 380 g/mol. The van der Waals surface area contributed by atoms with Gasteiger partial charge in [0.05, 0.1) is 13.3 Å². The lowest BCUT2D eigenvalue weighted by molar-refractivity contribution is -0.116.